The fraction of sp³-hybridized carbons (Fsp3) is 0.412. The molecule has 0 saturated heterocycles. The van der Waals surface area contributed by atoms with Crippen molar-refractivity contribution in [1.29, 1.82) is 0 Å². The SMILES string of the molecule is Cc1c(CCO)sc[n+]1CC(=O)c1ccc2c(c1)OCCCO2. The highest BCUT2D eigenvalue weighted by Crippen LogP contribution is 2.30. The Balaban J connectivity index is 1.77. The molecule has 1 aliphatic rings. The highest BCUT2D eigenvalue weighted by Gasteiger charge is 2.21. The third-order valence-corrected chi connectivity index (χ3v) is 5.02. The number of aromatic nitrogens is 1. The molecular weight excluding hydrogens is 314 g/mol. The maximum absolute atomic E-state index is 12.5. The van der Waals surface area contributed by atoms with Gasteiger partial charge in [-0.25, -0.2) is 0 Å². The van der Waals surface area contributed by atoms with Crippen LogP contribution in [0.1, 0.15) is 27.3 Å². The third-order valence-electron chi connectivity index (χ3n) is 3.88. The lowest BCUT2D eigenvalue weighted by Crippen LogP contribution is -2.38. The van der Waals surface area contributed by atoms with Crippen LogP contribution in [0.2, 0.25) is 0 Å². The number of carbonyl (C=O) groups is 1. The molecule has 3 rings (SSSR count). The quantitative estimate of drug-likeness (QED) is 0.670. The number of nitrogens with zero attached hydrogens (tertiary/aromatic N) is 1. The van der Waals surface area contributed by atoms with E-state index in [4.69, 9.17) is 14.6 Å². The molecule has 0 atom stereocenters. The van der Waals surface area contributed by atoms with Gasteiger partial charge in [0.15, 0.2) is 17.2 Å². The summed E-state index contributed by atoms with van der Waals surface area (Å²) in [5, 5.41) is 9.05. The monoisotopic (exact) mass is 334 g/mol. The van der Waals surface area contributed by atoms with Crippen molar-refractivity contribution in [3.05, 3.63) is 39.8 Å². The van der Waals surface area contributed by atoms with Gasteiger partial charge in [-0.3, -0.25) is 4.79 Å². The van der Waals surface area contributed by atoms with Crippen LogP contribution in [-0.4, -0.2) is 30.7 Å². The number of hydrogen-bond donors (Lipinski definition) is 1. The molecule has 1 aromatic carbocycles. The van der Waals surface area contributed by atoms with Gasteiger partial charge in [0.05, 0.1) is 18.1 Å². The van der Waals surface area contributed by atoms with Crippen molar-refractivity contribution in [2.45, 2.75) is 26.3 Å². The molecule has 0 saturated carbocycles. The van der Waals surface area contributed by atoms with Crippen molar-refractivity contribution in [2.24, 2.45) is 0 Å². The van der Waals surface area contributed by atoms with E-state index in [2.05, 4.69) is 0 Å². The lowest BCUT2D eigenvalue weighted by Gasteiger charge is -2.08. The Morgan fingerprint density at radius 3 is 2.87 bits per heavy atom. The van der Waals surface area contributed by atoms with Crippen LogP contribution in [-0.2, 0) is 13.0 Å². The number of Topliss-reactive ketones (excluding diaryl/α,β-unsaturated/α-hetero) is 1. The summed E-state index contributed by atoms with van der Waals surface area (Å²) in [4.78, 5) is 13.7. The molecule has 0 aliphatic carbocycles. The summed E-state index contributed by atoms with van der Waals surface area (Å²) in [7, 11) is 0. The molecule has 1 aromatic heterocycles. The second kappa shape index (κ2) is 7.10. The predicted molar refractivity (Wildman–Crippen MR) is 86.4 cm³/mol. The molecular formula is C17H20NO4S+. The molecule has 0 unspecified atom stereocenters. The summed E-state index contributed by atoms with van der Waals surface area (Å²) in [5.41, 5.74) is 3.59. The first-order valence-electron chi connectivity index (χ1n) is 7.69. The molecule has 1 aliphatic heterocycles. The third kappa shape index (κ3) is 3.54. The normalized spacial score (nSPS) is 13.7. The number of aliphatic hydroxyl groups excluding tert-OH is 1. The lowest BCUT2D eigenvalue weighted by molar-refractivity contribution is -0.684. The topological polar surface area (TPSA) is 59.6 Å². The van der Waals surface area contributed by atoms with Crippen LogP contribution in [0.25, 0.3) is 0 Å². The zero-order chi connectivity index (χ0) is 16.2. The maximum atomic E-state index is 12.5. The van der Waals surface area contributed by atoms with Crippen molar-refractivity contribution >= 4 is 17.1 Å². The van der Waals surface area contributed by atoms with Gasteiger partial charge < -0.3 is 14.6 Å². The zero-order valence-corrected chi connectivity index (χ0v) is 13.9. The largest absolute Gasteiger partial charge is 0.490 e. The Kier molecular flexibility index (Phi) is 4.93. The van der Waals surface area contributed by atoms with Crippen LogP contribution in [0.15, 0.2) is 23.7 Å². The Morgan fingerprint density at radius 2 is 2.09 bits per heavy atom. The van der Waals surface area contributed by atoms with Crippen molar-refractivity contribution in [3.8, 4) is 11.5 Å². The summed E-state index contributed by atoms with van der Waals surface area (Å²) in [6.07, 6.45) is 1.47. The van der Waals surface area contributed by atoms with E-state index in [1.165, 1.54) is 0 Å². The van der Waals surface area contributed by atoms with E-state index < -0.39 is 0 Å². The number of fused-ring (bicyclic) bond motifs is 1. The van der Waals surface area contributed by atoms with Gasteiger partial charge in [-0.15, -0.1) is 0 Å². The maximum Gasteiger partial charge on any atom is 0.227 e. The minimum absolute atomic E-state index is 0.0297. The summed E-state index contributed by atoms with van der Waals surface area (Å²) in [6.45, 7) is 3.62. The second-order valence-corrected chi connectivity index (χ2v) is 6.41. The van der Waals surface area contributed by atoms with Gasteiger partial charge in [0.1, 0.15) is 0 Å². The van der Waals surface area contributed by atoms with Crippen molar-refractivity contribution in [2.75, 3.05) is 19.8 Å². The summed E-state index contributed by atoms with van der Waals surface area (Å²) >= 11 is 1.57. The van der Waals surface area contributed by atoms with Crippen molar-refractivity contribution in [3.63, 3.8) is 0 Å². The fourth-order valence-corrected chi connectivity index (χ4v) is 3.52. The number of carbonyl (C=O) groups excluding carboxylic acids is 1. The molecule has 0 radical (unpaired) electrons. The first kappa shape index (κ1) is 16.0. The van der Waals surface area contributed by atoms with Crippen LogP contribution in [0.5, 0.6) is 11.5 Å². The number of hydrogen-bond acceptors (Lipinski definition) is 5. The number of thiazole rings is 1. The predicted octanol–water partition coefficient (Wildman–Crippen LogP) is 1.92. The van der Waals surface area contributed by atoms with Gasteiger partial charge in [-0.05, 0) is 18.2 Å². The summed E-state index contributed by atoms with van der Waals surface area (Å²) < 4.78 is 13.2. The van der Waals surface area contributed by atoms with Crippen LogP contribution < -0.4 is 14.0 Å². The second-order valence-electron chi connectivity index (χ2n) is 5.47. The van der Waals surface area contributed by atoms with E-state index in [0.717, 1.165) is 17.0 Å². The molecule has 0 spiro atoms. The van der Waals surface area contributed by atoms with Crippen LogP contribution in [0.3, 0.4) is 0 Å². The number of ether oxygens (including phenoxy) is 2. The first-order valence-corrected chi connectivity index (χ1v) is 8.57. The Hall–Kier alpha value is -1.92. The van der Waals surface area contributed by atoms with Gasteiger partial charge >= 0.3 is 0 Å². The van der Waals surface area contributed by atoms with E-state index in [9.17, 15) is 4.79 Å². The molecule has 2 heterocycles. The van der Waals surface area contributed by atoms with Gasteiger partial charge in [-0.2, -0.15) is 4.57 Å². The number of aliphatic hydroxyl groups is 1. The zero-order valence-electron chi connectivity index (χ0n) is 13.1. The van der Waals surface area contributed by atoms with E-state index >= 15 is 0 Å². The standard InChI is InChI=1S/C17H20NO4S/c1-12-17(5-6-19)23-11-18(12)10-14(20)13-3-4-15-16(9-13)22-8-2-7-21-15/h3-4,9,11,19H,2,5-8,10H2,1H3/q+1. The van der Waals surface area contributed by atoms with Crippen molar-refractivity contribution < 1.29 is 23.9 Å². The minimum Gasteiger partial charge on any atom is -0.490 e. The van der Waals surface area contributed by atoms with E-state index in [-0.39, 0.29) is 18.9 Å². The molecule has 23 heavy (non-hydrogen) atoms. The average molecular weight is 334 g/mol. The van der Waals surface area contributed by atoms with E-state index in [1.807, 2.05) is 17.0 Å². The Labute approximate surface area is 139 Å². The highest BCUT2D eigenvalue weighted by molar-refractivity contribution is 7.09. The molecule has 0 amide bonds. The fourth-order valence-electron chi connectivity index (χ4n) is 2.53. The molecule has 0 fully saturated rings. The van der Waals surface area contributed by atoms with Gasteiger partial charge in [0, 0.05) is 31.9 Å². The highest BCUT2D eigenvalue weighted by atomic mass is 32.1. The minimum atomic E-state index is 0.0297. The van der Waals surface area contributed by atoms with Gasteiger partial charge in [-0.1, -0.05) is 11.3 Å². The average Bonchev–Trinajstić information content (AvgIpc) is 2.78. The van der Waals surface area contributed by atoms with Crippen LogP contribution in [0.4, 0.5) is 0 Å². The van der Waals surface area contributed by atoms with Crippen molar-refractivity contribution in [1.82, 2.24) is 0 Å². The molecule has 2 aromatic rings. The number of benzene rings is 1. The molecule has 0 bridgehead atoms. The van der Waals surface area contributed by atoms with Crippen LogP contribution >= 0.6 is 11.3 Å². The summed E-state index contributed by atoms with van der Waals surface area (Å²) in [5.74, 6) is 1.37. The van der Waals surface area contributed by atoms with Gasteiger partial charge in [0.2, 0.25) is 17.8 Å². The van der Waals surface area contributed by atoms with Gasteiger partial charge in [0.25, 0.3) is 0 Å². The first-order chi connectivity index (χ1) is 11.2. The smallest absolute Gasteiger partial charge is 0.227 e. The summed E-state index contributed by atoms with van der Waals surface area (Å²) in [6, 6.07) is 5.35. The molecule has 5 nitrogen and oxygen atoms in total. The Bertz CT molecular complexity index is 711. The lowest BCUT2D eigenvalue weighted by atomic mass is 10.1. The Morgan fingerprint density at radius 1 is 1.30 bits per heavy atom. The van der Waals surface area contributed by atoms with E-state index in [0.29, 0.717) is 36.7 Å². The number of rotatable bonds is 5. The van der Waals surface area contributed by atoms with Crippen LogP contribution in [0, 0.1) is 6.92 Å². The molecule has 1 N–H and O–H groups in total. The van der Waals surface area contributed by atoms with E-state index in [1.54, 1.807) is 29.5 Å². The number of ketones is 1. The molecule has 6 heteroatoms. The molecule has 122 valence electrons.